The molecule has 10 heteroatoms. The van der Waals surface area contributed by atoms with Gasteiger partial charge in [0.05, 0.1) is 18.4 Å². The average molecular weight is 481 g/mol. The van der Waals surface area contributed by atoms with Gasteiger partial charge in [0.15, 0.2) is 0 Å². The van der Waals surface area contributed by atoms with Gasteiger partial charge in [-0.15, -0.1) is 0 Å². The molecule has 180 valence electrons. The van der Waals surface area contributed by atoms with E-state index in [4.69, 9.17) is 4.74 Å². The van der Waals surface area contributed by atoms with Gasteiger partial charge in [-0.3, -0.25) is 4.98 Å². The van der Waals surface area contributed by atoms with Crippen LogP contribution in [0.2, 0.25) is 0 Å². The van der Waals surface area contributed by atoms with E-state index in [9.17, 15) is 18.0 Å². The number of urea groups is 1. The van der Waals surface area contributed by atoms with Crippen molar-refractivity contribution in [1.82, 2.24) is 14.5 Å². The van der Waals surface area contributed by atoms with E-state index in [-0.39, 0.29) is 11.4 Å². The van der Waals surface area contributed by atoms with Crippen molar-refractivity contribution in [1.29, 1.82) is 0 Å². The Morgan fingerprint density at radius 3 is 2.43 bits per heavy atom. The zero-order valence-electron chi connectivity index (χ0n) is 18.9. The summed E-state index contributed by atoms with van der Waals surface area (Å²) >= 11 is 0. The summed E-state index contributed by atoms with van der Waals surface area (Å²) in [7, 11) is 1.31. The number of ether oxygens (including phenoxy) is 1. The van der Waals surface area contributed by atoms with E-state index in [2.05, 4.69) is 20.6 Å². The Morgan fingerprint density at radius 2 is 1.74 bits per heavy atom. The summed E-state index contributed by atoms with van der Waals surface area (Å²) in [6.45, 7) is 1.82. The highest BCUT2D eigenvalue weighted by molar-refractivity contribution is 6.01. The van der Waals surface area contributed by atoms with E-state index in [0.29, 0.717) is 12.1 Å². The molecule has 35 heavy (non-hydrogen) atoms. The highest BCUT2D eigenvalue weighted by atomic mass is 19.4. The van der Waals surface area contributed by atoms with Crippen molar-refractivity contribution in [3.05, 3.63) is 95.8 Å². The molecular weight excluding hydrogens is 459 g/mol. The van der Waals surface area contributed by atoms with E-state index in [1.165, 1.54) is 7.11 Å². The molecule has 0 aliphatic rings. The molecule has 2 N–H and O–H groups in total. The van der Waals surface area contributed by atoms with Crippen molar-refractivity contribution in [3.63, 3.8) is 0 Å². The van der Waals surface area contributed by atoms with Crippen LogP contribution in [0.3, 0.4) is 0 Å². The number of nitrogens with one attached hydrogen (secondary N) is 2. The topological polar surface area (TPSA) is 81.1 Å². The van der Waals surface area contributed by atoms with E-state index in [1.807, 2.05) is 42.0 Å². The zero-order valence-corrected chi connectivity index (χ0v) is 18.9. The van der Waals surface area contributed by atoms with Gasteiger partial charge in [-0.2, -0.15) is 13.2 Å². The number of methoxy groups -OCH3 is 1. The number of carbonyl (C=O) groups is 1. The molecule has 2 amide bonds. The second kappa shape index (κ2) is 9.88. The van der Waals surface area contributed by atoms with Crippen LogP contribution in [0.5, 0.6) is 5.75 Å². The van der Waals surface area contributed by atoms with E-state index in [1.54, 1.807) is 24.7 Å². The predicted molar refractivity (Wildman–Crippen MR) is 126 cm³/mol. The Balaban J connectivity index is 1.50. The number of anilines is 2. The minimum Gasteiger partial charge on any atom is -0.495 e. The van der Waals surface area contributed by atoms with Gasteiger partial charge < -0.3 is 19.9 Å². The van der Waals surface area contributed by atoms with Gasteiger partial charge in [-0.1, -0.05) is 0 Å². The van der Waals surface area contributed by atoms with Crippen molar-refractivity contribution in [2.45, 2.75) is 19.5 Å². The normalized spacial score (nSPS) is 11.2. The van der Waals surface area contributed by atoms with Crippen LogP contribution in [0, 0.1) is 6.92 Å². The molecule has 4 rings (SSSR count). The van der Waals surface area contributed by atoms with E-state index >= 15 is 0 Å². The summed E-state index contributed by atoms with van der Waals surface area (Å²) < 4.78 is 46.2. The number of hydrogen-bond donors (Lipinski definition) is 2. The van der Waals surface area contributed by atoms with Gasteiger partial charge in [0.1, 0.15) is 11.6 Å². The first-order chi connectivity index (χ1) is 16.7. The Kier molecular flexibility index (Phi) is 6.72. The number of imidazole rings is 1. The summed E-state index contributed by atoms with van der Waals surface area (Å²) in [6.07, 6.45) is 3.10. The smallest absolute Gasteiger partial charge is 0.416 e. The van der Waals surface area contributed by atoms with Crippen LogP contribution in [0.25, 0.3) is 5.69 Å². The van der Waals surface area contributed by atoms with Crippen LogP contribution in [0.15, 0.2) is 73.3 Å². The van der Waals surface area contributed by atoms with Gasteiger partial charge in [0, 0.05) is 42.6 Å². The molecule has 0 fully saturated rings. The third-order valence-electron chi connectivity index (χ3n) is 5.34. The number of carbonyl (C=O) groups excluding carboxylic acids is 1. The highest BCUT2D eigenvalue weighted by Gasteiger charge is 2.31. The van der Waals surface area contributed by atoms with Crippen molar-refractivity contribution in [2.24, 2.45) is 0 Å². The van der Waals surface area contributed by atoms with Crippen LogP contribution in [0.4, 0.5) is 29.3 Å². The first kappa shape index (κ1) is 23.8. The SMILES string of the molecule is COc1ccc(C(F)(F)F)cc1NC(=O)Nc1ccc(-n2ccnc2Cc2ccncc2)cc1C. The number of aromatic nitrogens is 3. The van der Waals surface area contributed by atoms with Crippen LogP contribution in [-0.2, 0) is 12.6 Å². The molecule has 0 saturated carbocycles. The minimum absolute atomic E-state index is 0.0896. The zero-order chi connectivity index (χ0) is 25.0. The monoisotopic (exact) mass is 481 g/mol. The number of halogens is 3. The molecule has 2 heterocycles. The van der Waals surface area contributed by atoms with Gasteiger partial charge in [-0.25, -0.2) is 9.78 Å². The van der Waals surface area contributed by atoms with Crippen molar-refractivity contribution < 1.29 is 22.7 Å². The molecule has 0 atom stereocenters. The minimum atomic E-state index is -4.55. The third-order valence-corrected chi connectivity index (χ3v) is 5.34. The lowest BCUT2D eigenvalue weighted by atomic mass is 10.1. The molecule has 2 aromatic heterocycles. The number of alkyl halides is 3. The first-order valence-electron chi connectivity index (χ1n) is 10.6. The molecular formula is C25H22F3N5O2. The molecule has 4 aromatic rings. The van der Waals surface area contributed by atoms with Crippen LogP contribution >= 0.6 is 0 Å². The third kappa shape index (κ3) is 5.60. The fourth-order valence-electron chi connectivity index (χ4n) is 3.58. The number of amides is 2. The maximum Gasteiger partial charge on any atom is 0.416 e. The standard InChI is InChI=1S/C25H22F3N5O2/c1-16-13-19(33-12-11-30-23(33)14-17-7-9-29-10-8-17)4-5-20(16)31-24(34)32-21-15-18(25(26,27)28)3-6-22(21)35-2/h3-13,15H,14H2,1-2H3,(H2,31,32,34). The summed E-state index contributed by atoms with van der Waals surface area (Å²) in [6, 6.07) is 11.5. The first-order valence-corrected chi connectivity index (χ1v) is 10.6. The molecule has 0 unspecified atom stereocenters. The lowest BCUT2D eigenvalue weighted by molar-refractivity contribution is -0.137. The maximum absolute atomic E-state index is 13.1. The summed E-state index contributed by atoms with van der Waals surface area (Å²) in [4.78, 5) is 21.0. The van der Waals surface area contributed by atoms with Gasteiger partial charge in [0.2, 0.25) is 0 Å². The van der Waals surface area contributed by atoms with Gasteiger partial charge >= 0.3 is 12.2 Å². The fourth-order valence-corrected chi connectivity index (χ4v) is 3.58. The van der Waals surface area contributed by atoms with Crippen molar-refractivity contribution >= 4 is 17.4 Å². The molecule has 0 spiro atoms. The largest absolute Gasteiger partial charge is 0.495 e. The van der Waals surface area contributed by atoms with Crippen LogP contribution < -0.4 is 15.4 Å². The van der Waals surface area contributed by atoms with Crippen LogP contribution in [0.1, 0.15) is 22.5 Å². The average Bonchev–Trinajstić information content (AvgIpc) is 3.28. The Bertz CT molecular complexity index is 1340. The predicted octanol–water partition coefficient (Wildman–Crippen LogP) is 5.84. The molecule has 0 bridgehead atoms. The number of rotatable bonds is 6. The number of hydrogen-bond acceptors (Lipinski definition) is 4. The Hall–Kier alpha value is -4.34. The molecule has 7 nitrogen and oxygen atoms in total. The summed E-state index contributed by atoms with van der Waals surface area (Å²) in [5.74, 6) is 0.952. The summed E-state index contributed by atoms with van der Waals surface area (Å²) in [5, 5.41) is 5.11. The number of nitrogens with zero attached hydrogens (tertiary/aromatic N) is 3. The van der Waals surface area contributed by atoms with Crippen molar-refractivity contribution in [3.8, 4) is 11.4 Å². The highest BCUT2D eigenvalue weighted by Crippen LogP contribution is 2.35. The summed E-state index contributed by atoms with van der Waals surface area (Å²) in [5.41, 5.74) is 2.22. The quantitative estimate of drug-likeness (QED) is 0.363. The lowest BCUT2D eigenvalue weighted by Gasteiger charge is -2.15. The maximum atomic E-state index is 13.1. The van der Waals surface area contributed by atoms with Crippen LogP contribution in [-0.4, -0.2) is 27.7 Å². The Morgan fingerprint density at radius 1 is 1.00 bits per heavy atom. The van der Waals surface area contributed by atoms with Gasteiger partial charge in [-0.05, 0) is 66.6 Å². The second-order valence-electron chi connectivity index (χ2n) is 7.74. The van der Waals surface area contributed by atoms with Crippen molar-refractivity contribution in [2.75, 3.05) is 17.7 Å². The van der Waals surface area contributed by atoms with E-state index in [0.717, 1.165) is 40.8 Å². The van der Waals surface area contributed by atoms with E-state index < -0.39 is 17.8 Å². The lowest BCUT2D eigenvalue weighted by Crippen LogP contribution is -2.21. The number of aryl methyl sites for hydroxylation is 1. The number of pyridine rings is 1. The number of benzene rings is 2. The molecule has 0 saturated heterocycles. The molecule has 2 aromatic carbocycles. The molecule has 0 aliphatic heterocycles. The molecule has 0 radical (unpaired) electrons. The Labute approximate surface area is 199 Å². The molecule has 0 aliphatic carbocycles. The van der Waals surface area contributed by atoms with Gasteiger partial charge in [0.25, 0.3) is 0 Å². The second-order valence-corrected chi connectivity index (χ2v) is 7.74. The fraction of sp³-hybridized carbons (Fsp3) is 0.160.